The number of benzene rings is 2. The Kier molecular flexibility index (Phi) is 9.95. The van der Waals surface area contributed by atoms with Crippen LogP contribution in [-0.2, 0) is 6.11 Å². The minimum atomic E-state index is -3.50. The van der Waals surface area contributed by atoms with Crippen molar-refractivity contribution in [2.24, 2.45) is 17.8 Å². The Labute approximate surface area is 229 Å². The fourth-order valence-corrected chi connectivity index (χ4v) is 5.36. The Balaban J connectivity index is 0.00000204. The van der Waals surface area contributed by atoms with E-state index < -0.39 is 6.11 Å². The number of alkyl halides is 2. The molecule has 1 fully saturated rings. The molecule has 2 aromatic rings. The predicted octanol–water partition coefficient (Wildman–Crippen LogP) is 8.70. The van der Waals surface area contributed by atoms with Gasteiger partial charge in [-0.1, -0.05) is 44.7 Å². The molecule has 0 amide bonds. The molecule has 0 bridgehead atoms. The first-order valence-electron chi connectivity index (χ1n) is 11.7. The molecule has 2 aliphatic rings. The summed E-state index contributed by atoms with van der Waals surface area (Å²) in [6, 6.07) is 11.9. The number of halogens is 3. The molecule has 2 aromatic carbocycles. The number of hydrogen-bond donors (Lipinski definition) is 0. The van der Waals surface area contributed by atoms with E-state index >= 15 is 0 Å². The molecule has 183 valence electrons. The summed E-state index contributed by atoms with van der Waals surface area (Å²) in [5, 5.41) is 0.347. The molecule has 34 heavy (non-hydrogen) atoms. The largest absolute Gasteiger partial charge is 0.495 e. The number of hydrogen-bond acceptors (Lipinski definition) is 1. The quantitative estimate of drug-likeness (QED) is 0.274. The van der Waals surface area contributed by atoms with E-state index in [9.17, 15) is 8.78 Å². The maximum absolute atomic E-state index is 14.9. The van der Waals surface area contributed by atoms with E-state index in [0.717, 1.165) is 36.2 Å². The molecular formula is C28H31ClCmF2LaO-2. The van der Waals surface area contributed by atoms with Crippen LogP contribution >= 0.6 is 11.6 Å². The van der Waals surface area contributed by atoms with E-state index in [1.807, 2.05) is 6.07 Å². The van der Waals surface area contributed by atoms with Gasteiger partial charge in [0.1, 0.15) is 0 Å². The standard InChI is InChI=1S/C28H31ClF2O.Cm.La/c1-18-4-7-21(8-5-18)22-9-11-23(12-10-22)24-13-15-26(20(3)16-24)28(30,31)32-25-14-6-19(2)27(29)17-25;;/h11,13-14,16-18,21-22H,4-5,7-10,12H2,1-3H3;;/q-2;;. The van der Waals surface area contributed by atoms with E-state index in [1.165, 1.54) is 49.8 Å². The van der Waals surface area contributed by atoms with Gasteiger partial charge in [0.15, 0.2) is 0 Å². The summed E-state index contributed by atoms with van der Waals surface area (Å²) in [7, 11) is 0. The zero-order valence-electron chi connectivity index (χ0n) is 20.0. The Morgan fingerprint density at radius 3 is 2.29 bits per heavy atom. The van der Waals surface area contributed by atoms with Crippen LogP contribution in [-0.4, -0.2) is 0 Å². The van der Waals surface area contributed by atoms with Gasteiger partial charge in [-0.05, 0) is 55.4 Å². The normalized spacial score (nSPS) is 22.8. The van der Waals surface area contributed by atoms with Gasteiger partial charge in [-0.25, -0.2) is 0 Å². The molecule has 0 spiro atoms. The van der Waals surface area contributed by atoms with E-state index in [-0.39, 0.29) is 46.9 Å². The van der Waals surface area contributed by atoms with Crippen LogP contribution in [0.4, 0.5) is 8.78 Å². The summed E-state index contributed by atoms with van der Waals surface area (Å²) in [6.07, 6.45) is 7.55. The zero-order valence-corrected chi connectivity index (χ0v) is 27.4. The third kappa shape index (κ3) is 6.50. The average Bonchev–Trinajstić information content (AvgIpc) is 2.76. The van der Waals surface area contributed by atoms with Crippen molar-refractivity contribution in [3.05, 3.63) is 69.8 Å². The number of ether oxygens (including phenoxy) is 1. The molecule has 0 aliphatic heterocycles. The van der Waals surface area contributed by atoms with Crippen molar-refractivity contribution in [1.82, 2.24) is 0 Å². The van der Waals surface area contributed by atoms with Gasteiger partial charge in [0, 0.05) is 41.3 Å². The molecule has 1 saturated carbocycles. The van der Waals surface area contributed by atoms with Gasteiger partial charge < -0.3 is 4.74 Å². The summed E-state index contributed by atoms with van der Waals surface area (Å²) >= 11 is 6.02. The second-order valence-electron chi connectivity index (χ2n) is 9.66. The van der Waals surface area contributed by atoms with Crippen molar-refractivity contribution in [2.45, 2.75) is 71.8 Å². The molecule has 1 unspecified atom stereocenters. The van der Waals surface area contributed by atoms with Crippen molar-refractivity contribution in [3.8, 4) is 5.75 Å². The topological polar surface area (TPSA) is 9.23 Å². The first-order chi connectivity index (χ1) is 15.2. The predicted molar refractivity (Wildman–Crippen MR) is 126 cm³/mol. The summed E-state index contributed by atoms with van der Waals surface area (Å²) in [4.78, 5) is 0. The van der Waals surface area contributed by atoms with Crippen molar-refractivity contribution in [1.29, 1.82) is 0 Å². The summed E-state index contributed by atoms with van der Waals surface area (Å²) in [5.41, 5.74) is 3.16. The molecule has 1 radical (unpaired) electrons. The van der Waals surface area contributed by atoms with Crippen LogP contribution in [0.25, 0.3) is 5.57 Å². The zero-order chi connectivity index (χ0) is 22.9. The van der Waals surface area contributed by atoms with Crippen LogP contribution in [0.5, 0.6) is 5.75 Å². The van der Waals surface area contributed by atoms with Gasteiger partial charge in [0.2, 0.25) is 0 Å². The molecule has 4 rings (SSSR count). The number of allylic oxidation sites excluding steroid dienone is 2. The third-order valence-electron chi connectivity index (χ3n) is 7.28. The summed E-state index contributed by atoms with van der Waals surface area (Å²) in [5.74, 6) is 2.48. The number of aryl methyl sites for hydroxylation is 2. The molecule has 1 atom stereocenters. The second kappa shape index (κ2) is 11.8. The molecule has 6 heteroatoms. The van der Waals surface area contributed by atoms with Crippen LogP contribution in [0, 0.1) is 79.3 Å². The van der Waals surface area contributed by atoms with Gasteiger partial charge >= 0.3 is 6.11 Å². The van der Waals surface area contributed by atoms with Crippen LogP contribution < -0.4 is 4.74 Å². The fraction of sp³-hybridized carbons (Fsp3) is 0.500. The van der Waals surface area contributed by atoms with Crippen LogP contribution in [0.2, 0.25) is 5.02 Å². The smallest absolute Gasteiger partial charge is 0.393 e. The third-order valence-corrected chi connectivity index (χ3v) is 7.68. The van der Waals surface area contributed by atoms with Crippen molar-refractivity contribution >= 4 is 17.2 Å². The minimum Gasteiger partial charge on any atom is -0.495 e. The molecule has 1 nitrogen and oxygen atoms in total. The maximum atomic E-state index is 14.9. The van der Waals surface area contributed by atoms with Crippen molar-refractivity contribution in [3.63, 3.8) is 0 Å². The Hall–Kier alpha value is -1.68. The van der Waals surface area contributed by atoms with Gasteiger partial charge in [-0.3, -0.25) is 0 Å². The number of rotatable bonds is 5. The molecule has 0 saturated heterocycles. The average molecular weight is 843 g/mol. The Morgan fingerprint density at radius 2 is 1.71 bits per heavy atom. The molecule has 0 heterocycles. The molecule has 0 aromatic heterocycles. The van der Waals surface area contributed by atoms with Crippen LogP contribution in [0.1, 0.15) is 74.1 Å². The van der Waals surface area contributed by atoms with Crippen LogP contribution in [0.3, 0.4) is 0 Å². The van der Waals surface area contributed by atoms with E-state index in [0.29, 0.717) is 16.1 Å². The molecule has 2 aliphatic carbocycles. The van der Waals surface area contributed by atoms with Crippen molar-refractivity contribution < 1.29 is 49.1 Å². The van der Waals surface area contributed by atoms with Gasteiger partial charge in [0.05, 0.1) is 0 Å². The van der Waals surface area contributed by atoms with Gasteiger partial charge in [-0.2, -0.15) is 44.6 Å². The second-order valence-corrected chi connectivity index (χ2v) is 10.1. The van der Waals surface area contributed by atoms with E-state index in [2.05, 4.69) is 25.1 Å². The van der Waals surface area contributed by atoms with E-state index in [4.69, 9.17) is 16.3 Å². The maximum Gasteiger partial charge on any atom is 0.393 e. The fourth-order valence-electron chi connectivity index (χ4n) is 5.19. The minimum absolute atomic E-state index is 0. The van der Waals surface area contributed by atoms with Gasteiger partial charge in [-0.15, -0.1) is 34.4 Å². The molecular weight excluding hydrogens is 812 g/mol. The molecule has 0 N–H and O–H groups in total. The monoisotopic (exact) mass is 838 g/mol. The van der Waals surface area contributed by atoms with E-state index in [1.54, 1.807) is 19.9 Å². The summed E-state index contributed by atoms with van der Waals surface area (Å²) < 4.78 is 34.7. The van der Waals surface area contributed by atoms with Crippen LogP contribution in [0.15, 0.2) is 30.3 Å². The Morgan fingerprint density at radius 1 is 1.00 bits per heavy atom. The first kappa shape index (κ1) is 28.6. The SMILES string of the molecule is Cc1[c-]cc(OC(F)(F)c2[c-]cc(C3=CCC(C4CCC(C)CC4)CC3)cc2C)cc1Cl.[Cm].[La]. The summed E-state index contributed by atoms with van der Waals surface area (Å²) in [6.45, 7) is 5.81. The Bertz CT molecular complexity index is 1000. The first-order valence-corrected chi connectivity index (χ1v) is 12.1. The van der Waals surface area contributed by atoms with Crippen molar-refractivity contribution in [2.75, 3.05) is 0 Å². The van der Waals surface area contributed by atoms with Gasteiger partial charge in [0.25, 0.3) is 0 Å².